The number of amides is 1. The van der Waals surface area contributed by atoms with Gasteiger partial charge in [0.15, 0.2) is 0 Å². The minimum atomic E-state index is -3.03. The number of hydrogen-bond donors (Lipinski definition) is 1. The lowest BCUT2D eigenvalue weighted by Gasteiger charge is -2.13. The zero-order valence-corrected chi connectivity index (χ0v) is 14.2. The zero-order chi connectivity index (χ0) is 20.0. The Morgan fingerprint density at radius 3 is 2.36 bits per heavy atom. The number of pyridine rings is 1. The molecule has 28 heavy (non-hydrogen) atoms. The van der Waals surface area contributed by atoms with E-state index in [0.29, 0.717) is 11.1 Å². The van der Waals surface area contributed by atoms with E-state index in [0.717, 1.165) is 24.4 Å². The molecule has 8 heteroatoms. The zero-order valence-electron chi connectivity index (χ0n) is 14.2. The number of hydrogen-bond acceptors (Lipinski definition) is 2. The van der Waals surface area contributed by atoms with Crippen molar-refractivity contribution >= 4 is 5.91 Å². The van der Waals surface area contributed by atoms with Crippen LogP contribution in [0.4, 0.5) is 17.6 Å². The fraction of sp³-hybridized carbons (Fsp3) is 0.100. The highest BCUT2D eigenvalue weighted by atomic mass is 19.3. The van der Waals surface area contributed by atoms with Gasteiger partial charge in [-0.3, -0.25) is 14.2 Å². The Bertz CT molecular complexity index is 1170. The highest BCUT2D eigenvalue weighted by Crippen LogP contribution is 2.35. The molecule has 4 nitrogen and oxygen atoms in total. The molecule has 1 aliphatic rings. The van der Waals surface area contributed by atoms with E-state index in [9.17, 15) is 27.2 Å². The van der Waals surface area contributed by atoms with Gasteiger partial charge >= 0.3 is 6.55 Å². The van der Waals surface area contributed by atoms with Crippen LogP contribution in [-0.4, -0.2) is 10.5 Å². The molecule has 0 saturated heterocycles. The first-order valence-electron chi connectivity index (χ1n) is 8.26. The number of halogens is 4. The summed E-state index contributed by atoms with van der Waals surface area (Å²) in [5, 5.41) is 2.64. The van der Waals surface area contributed by atoms with Gasteiger partial charge in [0.05, 0.1) is 0 Å². The summed E-state index contributed by atoms with van der Waals surface area (Å²) in [5.41, 5.74) is 0.985. The number of nitrogens with zero attached hydrogens (tertiary/aromatic N) is 1. The van der Waals surface area contributed by atoms with Crippen LogP contribution < -0.4 is 10.9 Å². The predicted molar refractivity (Wildman–Crippen MR) is 93.9 cm³/mol. The highest BCUT2D eigenvalue weighted by molar-refractivity contribution is 6.02. The predicted octanol–water partition coefficient (Wildman–Crippen LogP) is 4.10. The fourth-order valence-corrected chi connectivity index (χ4v) is 3.28. The molecular formula is C20H12F4N2O2. The Morgan fingerprint density at radius 1 is 0.893 bits per heavy atom. The van der Waals surface area contributed by atoms with Gasteiger partial charge < -0.3 is 5.32 Å². The van der Waals surface area contributed by atoms with Gasteiger partial charge in [0.1, 0.15) is 11.6 Å². The SMILES string of the molecule is O=C1NCc2c1cc(-c1ccc(F)cc1F)cc2-c1ccc(=O)n(C(F)F)c1. The number of fused-ring (bicyclic) bond motifs is 1. The van der Waals surface area contributed by atoms with Crippen LogP contribution in [0.3, 0.4) is 0 Å². The molecule has 0 spiro atoms. The third kappa shape index (κ3) is 2.96. The van der Waals surface area contributed by atoms with Crippen molar-refractivity contribution in [2.45, 2.75) is 13.1 Å². The molecule has 0 fully saturated rings. The van der Waals surface area contributed by atoms with Gasteiger partial charge in [-0.05, 0) is 52.6 Å². The van der Waals surface area contributed by atoms with E-state index in [-0.39, 0.29) is 39.3 Å². The average molecular weight is 388 g/mol. The molecule has 2 aromatic carbocycles. The summed E-state index contributed by atoms with van der Waals surface area (Å²) in [7, 11) is 0. The summed E-state index contributed by atoms with van der Waals surface area (Å²) >= 11 is 0. The second-order valence-corrected chi connectivity index (χ2v) is 6.30. The van der Waals surface area contributed by atoms with Crippen molar-refractivity contribution < 1.29 is 22.4 Å². The third-order valence-electron chi connectivity index (χ3n) is 4.62. The monoisotopic (exact) mass is 388 g/mol. The Morgan fingerprint density at radius 2 is 1.64 bits per heavy atom. The molecule has 0 unspecified atom stereocenters. The minimum Gasteiger partial charge on any atom is -0.348 e. The molecular weight excluding hydrogens is 376 g/mol. The van der Waals surface area contributed by atoms with Crippen molar-refractivity contribution in [2.24, 2.45) is 0 Å². The van der Waals surface area contributed by atoms with Gasteiger partial charge in [-0.25, -0.2) is 8.78 Å². The molecule has 0 saturated carbocycles. The van der Waals surface area contributed by atoms with Crippen LogP contribution in [0, 0.1) is 11.6 Å². The van der Waals surface area contributed by atoms with Crippen molar-refractivity contribution in [3.05, 3.63) is 81.8 Å². The normalized spacial score (nSPS) is 13.0. The van der Waals surface area contributed by atoms with Crippen molar-refractivity contribution in [3.63, 3.8) is 0 Å². The fourth-order valence-electron chi connectivity index (χ4n) is 3.28. The lowest BCUT2D eigenvalue weighted by Crippen LogP contribution is -2.19. The second kappa shape index (κ2) is 6.63. The molecule has 1 aromatic heterocycles. The first-order chi connectivity index (χ1) is 13.3. The summed E-state index contributed by atoms with van der Waals surface area (Å²) in [5.74, 6) is -1.95. The molecule has 1 amide bonds. The number of aromatic nitrogens is 1. The quantitative estimate of drug-likeness (QED) is 0.687. The van der Waals surface area contributed by atoms with Gasteiger partial charge in [-0.2, -0.15) is 8.78 Å². The van der Waals surface area contributed by atoms with Gasteiger partial charge in [0, 0.05) is 36.0 Å². The first kappa shape index (κ1) is 18.0. The Balaban J connectivity index is 1.97. The summed E-state index contributed by atoms with van der Waals surface area (Å²) < 4.78 is 54.0. The smallest absolute Gasteiger partial charge is 0.321 e. The van der Waals surface area contributed by atoms with E-state index in [4.69, 9.17) is 0 Å². The maximum Gasteiger partial charge on any atom is 0.321 e. The van der Waals surface area contributed by atoms with Crippen LogP contribution in [0.5, 0.6) is 0 Å². The molecule has 0 bridgehead atoms. The summed E-state index contributed by atoms with van der Waals surface area (Å²) in [6.45, 7) is -2.86. The Labute approximate surface area is 156 Å². The lowest BCUT2D eigenvalue weighted by atomic mass is 9.92. The third-order valence-corrected chi connectivity index (χ3v) is 4.62. The van der Waals surface area contributed by atoms with Gasteiger partial charge in [0.25, 0.3) is 11.5 Å². The molecule has 2 heterocycles. The highest BCUT2D eigenvalue weighted by Gasteiger charge is 2.25. The number of nitrogens with one attached hydrogen (secondary N) is 1. The molecule has 1 aliphatic heterocycles. The number of benzene rings is 2. The Kier molecular flexibility index (Phi) is 4.26. The number of alkyl halides is 2. The van der Waals surface area contributed by atoms with E-state index < -0.39 is 23.7 Å². The largest absolute Gasteiger partial charge is 0.348 e. The standard InChI is InChI=1S/C20H12F4N2O2/c21-12-2-3-13(17(22)7-12)11-5-14(16-8-25-19(28)15(16)6-11)10-1-4-18(27)26(9-10)20(23)24/h1-7,9,20H,8H2,(H,25,28). The van der Waals surface area contributed by atoms with Gasteiger partial charge in [-0.1, -0.05) is 0 Å². The van der Waals surface area contributed by atoms with E-state index in [1.807, 2.05) is 0 Å². The average Bonchev–Trinajstić information content (AvgIpc) is 3.02. The molecule has 0 atom stereocenters. The Hall–Kier alpha value is -3.42. The maximum atomic E-state index is 14.3. The number of rotatable bonds is 3. The molecule has 1 N–H and O–H groups in total. The minimum absolute atomic E-state index is 0.0623. The van der Waals surface area contributed by atoms with Gasteiger partial charge in [0.2, 0.25) is 0 Å². The molecule has 142 valence electrons. The van der Waals surface area contributed by atoms with Crippen molar-refractivity contribution in [1.82, 2.24) is 9.88 Å². The van der Waals surface area contributed by atoms with Crippen molar-refractivity contribution in [3.8, 4) is 22.3 Å². The molecule has 0 aliphatic carbocycles. The topological polar surface area (TPSA) is 51.1 Å². The first-order valence-corrected chi connectivity index (χ1v) is 8.26. The maximum absolute atomic E-state index is 14.3. The van der Waals surface area contributed by atoms with E-state index in [1.165, 1.54) is 24.3 Å². The summed E-state index contributed by atoms with van der Waals surface area (Å²) in [6.07, 6.45) is 0.996. The molecule has 3 aromatic rings. The lowest BCUT2D eigenvalue weighted by molar-refractivity contribution is 0.0665. The van der Waals surface area contributed by atoms with Crippen LogP contribution >= 0.6 is 0 Å². The van der Waals surface area contributed by atoms with Crippen molar-refractivity contribution in [2.75, 3.05) is 0 Å². The van der Waals surface area contributed by atoms with Crippen molar-refractivity contribution in [1.29, 1.82) is 0 Å². The van der Waals surface area contributed by atoms with E-state index >= 15 is 0 Å². The van der Waals surface area contributed by atoms with E-state index in [1.54, 1.807) is 0 Å². The molecule has 0 radical (unpaired) electrons. The second-order valence-electron chi connectivity index (χ2n) is 6.30. The van der Waals surface area contributed by atoms with Crippen LogP contribution in [-0.2, 0) is 6.54 Å². The van der Waals surface area contributed by atoms with Crippen LogP contribution in [0.2, 0.25) is 0 Å². The van der Waals surface area contributed by atoms with Gasteiger partial charge in [-0.15, -0.1) is 0 Å². The number of carbonyl (C=O) groups excluding carboxylic acids is 1. The van der Waals surface area contributed by atoms with Crippen LogP contribution in [0.15, 0.2) is 53.5 Å². The van der Waals surface area contributed by atoms with Crippen LogP contribution in [0.1, 0.15) is 22.5 Å². The molecule has 4 rings (SSSR count). The van der Waals surface area contributed by atoms with Crippen LogP contribution in [0.25, 0.3) is 22.3 Å². The van der Waals surface area contributed by atoms with E-state index in [2.05, 4.69) is 5.32 Å². The summed E-state index contributed by atoms with van der Waals surface area (Å²) in [4.78, 5) is 23.8. The summed E-state index contributed by atoms with van der Waals surface area (Å²) in [6, 6.07) is 8.42. The number of carbonyl (C=O) groups is 1.